The SMILES string of the molecule is CCC1(O)CCN(Cc2cc(Br)ccc2OCc2ccc(Cl)cc2)CC1. The molecule has 2 aromatic rings. The standard InChI is InChI=1S/C21H25BrClNO2/c1-2-21(25)9-11-24(12-10-21)14-17-13-18(22)5-8-20(17)26-15-16-3-6-19(23)7-4-16/h3-8,13,25H,2,9-12,14-15H2,1H3. The average Bonchev–Trinajstić information content (AvgIpc) is 2.64. The second-order valence-corrected chi connectivity index (χ2v) is 8.37. The summed E-state index contributed by atoms with van der Waals surface area (Å²) in [6.07, 6.45) is 2.49. The summed E-state index contributed by atoms with van der Waals surface area (Å²) in [5.74, 6) is 0.902. The first-order chi connectivity index (χ1) is 12.5. The summed E-state index contributed by atoms with van der Waals surface area (Å²) in [5, 5.41) is 11.2. The molecule has 0 radical (unpaired) electrons. The Morgan fingerprint density at radius 3 is 2.50 bits per heavy atom. The molecule has 5 heteroatoms. The van der Waals surface area contributed by atoms with Crippen molar-refractivity contribution in [2.75, 3.05) is 13.1 Å². The van der Waals surface area contributed by atoms with Gasteiger partial charge in [0.25, 0.3) is 0 Å². The third-order valence-corrected chi connectivity index (χ3v) is 5.91. The molecule has 0 atom stereocenters. The Labute approximate surface area is 169 Å². The van der Waals surface area contributed by atoms with E-state index in [2.05, 4.69) is 33.8 Å². The fraction of sp³-hybridized carbons (Fsp3) is 0.429. The van der Waals surface area contributed by atoms with E-state index in [1.54, 1.807) is 0 Å². The lowest BCUT2D eigenvalue weighted by atomic mass is 9.89. The minimum Gasteiger partial charge on any atom is -0.489 e. The normalized spacial score (nSPS) is 17.2. The van der Waals surface area contributed by atoms with Crippen LogP contribution in [0, 0.1) is 0 Å². The maximum absolute atomic E-state index is 10.4. The molecular weight excluding hydrogens is 414 g/mol. The van der Waals surface area contributed by atoms with Gasteiger partial charge in [0.05, 0.1) is 5.60 Å². The summed E-state index contributed by atoms with van der Waals surface area (Å²) in [6.45, 7) is 5.23. The van der Waals surface area contributed by atoms with Gasteiger partial charge in [-0.1, -0.05) is 46.6 Å². The smallest absolute Gasteiger partial charge is 0.124 e. The Balaban J connectivity index is 1.65. The summed E-state index contributed by atoms with van der Waals surface area (Å²) < 4.78 is 7.13. The molecule has 140 valence electrons. The monoisotopic (exact) mass is 437 g/mol. The third kappa shape index (κ3) is 5.23. The fourth-order valence-corrected chi connectivity index (χ4v) is 3.81. The van der Waals surface area contributed by atoms with Crippen molar-refractivity contribution in [1.29, 1.82) is 0 Å². The molecule has 3 rings (SSSR count). The summed E-state index contributed by atoms with van der Waals surface area (Å²) in [7, 11) is 0. The van der Waals surface area contributed by atoms with E-state index in [9.17, 15) is 5.11 Å². The maximum atomic E-state index is 10.4. The van der Waals surface area contributed by atoms with Crippen LogP contribution in [0.4, 0.5) is 0 Å². The van der Waals surface area contributed by atoms with Gasteiger partial charge in [0.2, 0.25) is 0 Å². The van der Waals surface area contributed by atoms with Crippen molar-refractivity contribution in [3.63, 3.8) is 0 Å². The Kier molecular flexibility index (Phi) is 6.62. The molecule has 1 fully saturated rings. The number of halogens is 2. The molecule has 1 aliphatic rings. The number of likely N-dealkylation sites (tertiary alicyclic amines) is 1. The predicted octanol–water partition coefficient (Wildman–Crippen LogP) is 5.42. The second-order valence-electron chi connectivity index (χ2n) is 7.02. The summed E-state index contributed by atoms with van der Waals surface area (Å²) in [5.41, 5.74) is 1.77. The Bertz CT molecular complexity index is 727. The van der Waals surface area contributed by atoms with Gasteiger partial charge < -0.3 is 9.84 Å². The number of rotatable bonds is 6. The van der Waals surface area contributed by atoms with Crippen LogP contribution in [0.25, 0.3) is 0 Å². The van der Waals surface area contributed by atoms with Crippen molar-refractivity contribution in [1.82, 2.24) is 4.90 Å². The van der Waals surface area contributed by atoms with Crippen molar-refractivity contribution < 1.29 is 9.84 Å². The molecule has 0 bridgehead atoms. The summed E-state index contributed by atoms with van der Waals surface area (Å²) in [4.78, 5) is 2.39. The van der Waals surface area contributed by atoms with E-state index < -0.39 is 5.60 Å². The largest absolute Gasteiger partial charge is 0.489 e. The van der Waals surface area contributed by atoms with Crippen LogP contribution in [-0.2, 0) is 13.2 Å². The lowest BCUT2D eigenvalue weighted by Crippen LogP contribution is -2.43. The summed E-state index contributed by atoms with van der Waals surface area (Å²) >= 11 is 9.51. The van der Waals surface area contributed by atoms with Crippen LogP contribution in [0.1, 0.15) is 37.3 Å². The van der Waals surface area contributed by atoms with Crippen LogP contribution in [0.3, 0.4) is 0 Å². The van der Waals surface area contributed by atoms with Crippen molar-refractivity contribution >= 4 is 27.5 Å². The molecule has 26 heavy (non-hydrogen) atoms. The molecule has 0 unspecified atom stereocenters. The van der Waals surface area contributed by atoms with Crippen molar-refractivity contribution in [3.8, 4) is 5.75 Å². The number of aliphatic hydroxyl groups is 1. The molecule has 0 amide bonds. The lowest BCUT2D eigenvalue weighted by molar-refractivity contribution is -0.0257. The Hall–Kier alpha value is -1.07. The van der Waals surface area contributed by atoms with Crippen LogP contribution < -0.4 is 4.74 Å². The molecule has 1 saturated heterocycles. The minimum absolute atomic E-state index is 0.484. The lowest BCUT2D eigenvalue weighted by Gasteiger charge is -2.37. The topological polar surface area (TPSA) is 32.7 Å². The van der Waals surface area contributed by atoms with Gasteiger partial charge in [-0.15, -0.1) is 0 Å². The zero-order valence-corrected chi connectivity index (χ0v) is 17.4. The molecular formula is C21H25BrClNO2. The highest BCUT2D eigenvalue weighted by Crippen LogP contribution is 2.29. The number of hydrogen-bond donors (Lipinski definition) is 1. The van der Waals surface area contributed by atoms with E-state index in [4.69, 9.17) is 16.3 Å². The van der Waals surface area contributed by atoms with Crippen molar-refractivity contribution in [2.24, 2.45) is 0 Å². The predicted molar refractivity (Wildman–Crippen MR) is 110 cm³/mol. The first kappa shape index (κ1) is 19.7. The maximum Gasteiger partial charge on any atom is 0.124 e. The quantitative estimate of drug-likeness (QED) is 0.654. The van der Waals surface area contributed by atoms with Gasteiger partial charge >= 0.3 is 0 Å². The highest BCUT2D eigenvalue weighted by Gasteiger charge is 2.30. The highest BCUT2D eigenvalue weighted by atomic mass is 79.9. The molecule has 0 aromatic heterocycles. The molecule has 1 N–H and O–H groups in total. The Morgan fingerprint density at radius 1 is 1.15 bits per heavy atom. The molecule has 0 saturated carbocycles. The summed E-state index contributed by atoms with van der Waals surface area (Å²) in [6, 6.07) is 13.9. The zero-order chi connectivity index (χ0) is 18.6. The van der Waals surface area contributed by atoms with Gasteiger partial charge in [0.15, 0.2) is 0 Å². The number of piperidine rings is 1. The van der Waals surface area contributed by atoms with Gasteiger partial charge in [-0.3, -0.25) is 4.90 Å². The van der Waals surface area contributed by atoms with Crippen molar-refractivity contribution in [2.45, 2.75) is 44.9 Å². The number of benzene rings is 2. The molecule has 0 spiro atoms. The van der Waals surface area contributed by atoms with E-state index >= 15 is 0 Å². The zero-order valence-electron chi connectivity index (χ0n) is 15.0. The first-order valence-electron chi connectivity index (χ1n) is 9.08. The molecule has 0 aliphatic carbocycles. The van der Waals surface area contributed by atoms with Gasteiger partial charge in [0.1, 0.15) is 12.4 Å². The van der Waals surface area contributed by atoms with Crippen LogP contribution in [0.15, 0.2) is 46.9 Å². The average molecular weight is 439 g/mol. The van der Waals surface area contributed by atoms with Gasteiger partial charge in [0, 0.05) is 34.7 Å². The van der Waals surface area contributed by atoms with Crippen LogP contribution in [0.5, 0.6) is 5.75 Å². The second kappa shape index (κ2) is 8.75. The first-order valence-corrected chi connectivity index (χ1v) is 10.2. The molecule has 1 aliphatic heterocycles. The van der Waals surface area contributed by atoms with Gasteiger partial charge in [-0.05, 0) is 55.2 Å². The van der Waals surface area contributed by atoms with E-state index in [1.165, 1.54) is 0 Å². The molecule has 2 aromatic carbocycles. The van der Waals surface area contributed by atoms with E-state index in [1.807, 2.05) is 36.4 Å². The number of ether oxygens (including phenoxy) is 1. The fourth-order valence-electron chi connectivity index (χ4n) is 3.28. The van der Waals surface area contributed by atoms with Crippen LogP contribution >= 0.6 is 27.5 Å². The number of hydrogen-bond acceptors (Lipinski definition) is 3. The van der Waals surface area contributed by atoms with E-state index in [0.29, 0.717) is 6.61 Å². The van der Waals surface area contributed by atoms with Crippen LogP contribution in [-0.4, -0.2) is 28.7 Å². The third-order valence-electron chi connectivity index (χ3n) is 5.17. The Morgan fingerprint density at radius 2 is 1.85 bits per heavy atom. The van der Waals surface area contributed by atoms with E-state index in [0.717, 1.165) is 65.3 Å². The van der Waals surface area contributed by atoms with Crippen molar-refractivity contribution in [3.05, 3.63) is 63.1 Å². The highest BCUT2D eigenvalue weighted by molar-refractivity contribution is 9.10. The van der Waals surface area contributed by atoms with Gasteiger partial charge in [-0.2, -0.15) is 0 Å². The van der Waals surface area contributed by atoms with Gasteiger partial charge in [-0.25, -0.2) is 0 Å². The van der Waals surface area contributed by atoms with E-state index in [-0.39, 0.29) is 0 Å². The molecule has 1 heterocycles. The number of nitrogens with zero attached hydrogens (tertiary/aromatic N) is 1. The van der Waals surface area contributed by atoms with Crippen LogP contribution in [0.2, 0.25) is 5.02 Å². The molecule has 3 nitrogen and oxygen atoms in total. The minimum atomic E-state index is -0.484.